The predicted octanol–water partition coefficient (Wildman–Crippen LogP) is -4.25. The summed E-state index contributed by atoms with van der Waals surface area (Å²) in [5, 5.41) is 25.4. The van der Waals surface area contributed by atoms with Gasteiger partial charge in [-0.25, -0.2) is 4.79 Å². The highest BCUT2D eigenvalue weighted by atomic mass is 32.1. The Labute approximate surface area is 224 Å². The normalized spacial score (nSPS) is 13.6. The van der Waals surface area contributed by atoms with E-state index >= 15 is 0 Å². The number of aliphatic carboxylic acids is 2. The molecule has 4 atom stereocenters. The van der Waals surface area contributed by atoms with E-state index in [2.05, 4.69) is 38.6 Å². The van der Waals surface area contributed by atoms with Gasteiger partial charge in [0.25, 0.3) is 0 Å². The fourth-order valence-corrected chi connectivity index (χ4v) is 3.22. The molecular formula is C20H38N10O7S. The first-order chi connectivity index (χ1) is 17.8. The van der Waals surface area contributed by atoms with Crippen LogP contribution in [0.1, 0.15) is 38.5 Å². The van der Waals surface area contributed by atoms with Crippen LogP contribution in [0.2, 0.25) is 0 Å². The summed E-state index contributed by atoms with van der Waals surface area (Å²) < 4.78 is 0. The fraction of sp³-hybridized carbons (Fsp3) is 0.650. The Kier molecular flexibility index (Phi) is 16.6. The van der Waals surface area contributed by atoms with E-state index in [-0.39, 0.29) is 69.3 Å². The van der Waals surface area contributed by atoms with Gasteiger partial charge >= 0.3 is 11.9 Å². The molecule has 0 fully saturated rings. The number of nitrogens with zero attached hydrogens (tertiary/aromatic N) is 2. The van der Waals surface area contributed by atoms with Gasteiger partial charge in [0.15, 0.2) is 11.9 Å². The quantitative estimate of drug-likeness (QED) is 0.0308. The Balaban J connectivity index is 5.34. The zero-order valence-electron chi connectivity index (χ0n) is 20.8. The van der Waals surface area contributed by atoms with Crippen LogP contribution < -0.4 is 44.6 Å². The van der Waals surface area contributed by atoms with Crippen molar-refractivity contribution >= 4 is 54.2 Å². The predicted molar refractivity (Wildman–Crippen MR) is 142 cm³/mol. The molecule has 17 nitrogen and oxygen atoms in total. The first-order valence-electron chi connectivity index (χ1n) is 11.6. The number of carboxylic acid groups (broad SMARTS) is 2. The molecule has 0 bridgehead atoms. The van der Waals surface area contributed by atoms with E-state index in [0.29, 0.717) is 0 Å². The molecule has 0 saturated heterocycles. The molecular weight excluding hydrogens is 524 g/mol. The molecule has 216 valence electrons. The van der Waals surface area contributed by atoms with Crippen LogP contribution in [-0.2, 0) is 24.0 Å². The maximum absolute atomic E-state index is 12.9. The topological polar surface area (TPSA) is 317 Å². The van der Waals surface area contributed by atoms with Crippen molar-refractivity contribution in [2.45, 2.75) is 62.7 Å². The maximum Gasteiger partial charge on any atom is 0.326 e. The molecule has 0 spiro atoms. The second-order valence-electron chi connectivity index (χ2n) is 8.14. The summed E-state index contributed by atoms with van der Waals surface area (Å²) in [5.74, 6) is -5.30. The van der Waals surface area contributed by atoms with E-state index < -0.39 is 53.8 Å². The molecule has 0 rings (SSSR count). The van der Waals surface area contributed by atoms with E-state index in [1.807, 2.05) is 0 Å². The number of carboxylic acids is 2. The Morgan fingerprint density at radius 1 is 0.711 bits per heavy atom. The van der Waals surface area contributed by atoms with Crippen LogP contribution in [0, 0.1) is 0 Å². The SMILES string of the molecule is NC(N)=NCCCC(NC(=O)C(CS)NC(=O)C(CCCN=C(N)N)NC(=O)C(N)CCC(=O)O)C(=O)O. The standard InChI is InChI=1S/C20H38N10O7S/c21-10(5-6-14(31)32)15(33)28-11(3-1-7-26-19(22)23)16(34)30-13(9-38)17(35)29-12(18(36)37)4-2-8-27-20(24)25/h10-13,38H,1-9,21H2,(H,28,33)(H,29,35)(H,30,34)(H,31,32)(H,36,37)(H4,22,23,26)(H4,24,25,27). The number of rotatable bonds is 19. The van der Waals surface area contributed by atoms with Crippen LogP contribution in [0.5, 0.6) is 0 Å². The van der Waals surface area contributed by atoms with Gasteiger partial charge in [-0.05, 0) is 32.1 Å². The molecule has 18 heteroatoms. The van der Waals surface area contributed by atoms with E-state index in [4.69, 9.17) is 33.8 Å². The van der Waals surface area contributed by atoms with Crippen LogP contribution in [0.25, 0.3) is 0 Å². The van der Waals surface area contributed by atoms with Crippen molar-refractivity contribution in [3.8, 4) is 0 Å². The molecule has 0 aromatic carbocycles. The zero-order chi connectivity index (χ0) is 29.3. The Hall–Kier alpha value is -3.80. The Morgan fingerprint density at radius 3 is 1.61 bits per heavy atom. The number of nitrogens with two attached hydrogens (primary N) is 5. The highest BCUT2D eigenvalue weighted by molar-refractivity contribution is 7.80. The average molecular weight is 563 g/mol. The summed E-state index contributed by atoms with van der Waals surface area (Å²) in [6.45, 7) is 0.300. The van der Waals surface area contributed by atoms with E-state index in [9.17, 15) is 29.1 Å². The summed E-state index contributed by atoms with van der Waals surface area (Å²) in [4.78, 5) is 67.9. The zero-order valence-corrected chi connectivity index (χ0v) is 21.7. The summed E-state index contributed by atoms with van der Waals surface area (Å²) in [6.07, 6.45) is 0.0695. The largest absolute Gasteiger partial charge is 0.481 e. The number of thiol groups is 1. The van der Waals surface area contributed by atoms with Gasteiger partial charge in [0.05, 0.1) is 6.04 Å². The van der Waals surface area contributed by atoms with Crippen LogP contribution in [0.4, 0.5) is 0 Å². The first kappa shape index (κ1) is 34.2. The highest BCUT2D eigenvalue weighted by Crippen LogP contribution is 2.04. The van der Waals surface area contributed by atoms with Crippen LogP contribution in [0.3, 0.4) is 0 Å². The second kappa shape index (κ2) is 18.4. The minimum absolute atomic E-state index is 0.0167. The van der Waals surface area contributed by atoms with Crippen molar-refractivity contribution in [1.82, 2.24) is 16.0 Å². The second-order valence-corrected chi connectivity index (χ2v) is 8.51. The molecule has 4 unspecified atom stereocenters. The highest BCUT2D eigenvalue weighted by Gasteiger charge is 2.29. The number of hydrogen-bond donors (Lipinski definition) is 11. The van der Waals surface area contributed by atoms with Crippen molar-refractivity contribution in [2.75, 3.05) is 18.8 Å². The van der Waals surface area contributed by atoms with Gasteiger partial charge in [0.1, 0.15) is 18.1 Å². The number of carbonyl (C=O) groups excluding carboxylic acids is 3. The molecule has 15 N–H and O–H groups in total. The van der Waals surface area contributed by atoms with Gasteiger partial charge < -0.3 is 54.8 Å². The number of amides is 3. The van der Waals surface area contributed by atoms with Gasteiger partial charge in [-0.1, -0.05) is 0 Å². The molecule has 0 heterocycles. The molecule has 0 aliphatic rings. The lowest BCUT2D eigenvalue weighted by atomic mass is 10.1. The number of hydrogen-bond acceptors (Lipinski definition) is 9. The minimum atomic E-state index is -1.30. The molecule has 38 heavy (non-hydrogen) atoms. The summed E-state index contributed by atoms with van der Waals surface area (Å²) in [5.41, 5.74) is 26.7. The van der Waals surface area contributed by atoms with Gasteiger partial charge in [0, 0.05) is 25.3 Å². The van der Waals surface area contributed by atoms with Crippen molar-refractivity contribution in [2.24, 2.45) is 38.7 Å². The van der Waals surface area contributed by atoms with Crippen molar-refractivity contribution in [1.29, 1.82) is 0 Å². The number of nitrogens with one attached hydrogen (secondary N) is 3. The van der Waals surface area contributed by atoms with Crippen LogP contribution >= 0.6 is 12.6 Å². The molecule has 0 radical (unpaired) electrons. The lowest BCUT2D eigenvalue weighted by Crippen LogP contribution is -2.57. The Morgan fingerprint density at radius 2 is 1.16 bits per heavy atom. The van der Waals surface area contributed by atoms with Crippen LogP contribution in [0.15, 0.2) is 9.98 Å². The molecule has 3 amide bonds. The van der Waals surface area contributed by atoms with Crippen molar-refractivity contribution in [3.05, 3.63) is 0 Å². The smallest absolute Gasteiger partial charge is 0.326 e. The Bertz CT molecular complexity index is 878. The third-order valence-electron chi connectivity index (χ3n) is 4.96. The summed E-state index contributed by atoms with van der Waals surface area (Å²) in [7, 11) is 0. The lowest BCUT2D eigenvalue weighted by molar-refractivity contribution is -0.142. The molecule has 0 aliphatic carbocycles. The monoisotopic (exact) mass is 562 g/mol. The molecule has 0 aliphatic heterocycles. The van der Waals surface area contributed by atoms with Crippen LogP contribution in [-0.4, -0.2) is 94.8 Å². The third-order valence-corrected chi connectivity index (χ3v) is 5.32. The van der Waals surface area contributed by atoms with Crippen molar-refractivity contribution < 1.29 is 34.2 Å². The molecule has 0 aromatic heterocycles. The van der Waals surface area contributed by atoms with E-state index in [1.54, 1.807) is 0 Å². The number of carbonyl (C=O) groups is 5. The van der Waals surface area contributed by atoms with Gasteiger partial charge in [-0.15, -0.1) is 0 Å². The van der Waals surface area contributed by atoms with Gasteiger partial charge in [-0.2, -0.15) is 12.6 Å². The number of aliphatic imine (C=N–C) groups is 2. The lowest BCUT2D eigenvalue weighted by Gasteiger charge is -2.24. The third kappa shape index (κ3) is 15.3. The van der Waals surface area contributed by atoms with E-state index in [1.165, 1.54) is 0 Å². The minimum Gasteiger partial charge on any atom is -0.481 e. The van der Waals surface area contributed by atoms with Gasteiger partial charge in [0.2, 0.25) is 17.7 Å². The maximum atomic E-state index is 12.9. The fourth-order valence-electron chi connectivity index (χ4n) is 2.96. The average Bonchev–Trinajstić information content (AvgIpc) is 2.83. The van der Waals surface area contributed by atoms with Crippen molar-refractivity contribution in [3.63, 3.8) is 0 Å². The summed E-state index contributed by atoms with van der Waals surface area (Å²) in [6, 6.07) is -4.91. The van der Waals surface area contributed by atoms with Gasteiger partial charge in [-0.3, -0.25) is 29.2 Å². The first-order valence-corrected chi connectivity index (χ1v) is 12.2. The summed E-state index contributed by atoms with van der Waals surface area (Å²) >= 11 is 4.06. The molecule has 0 saturated carbocycles. The number of guanidine groups is 2. The molecule has 0 aromatic rings. The van der Waals surface area contributed by atoms with E-state index in [0.717, 1.165) is 0 Å².